The van der Waals surface area contributed by atoms with Gasteiger partial charge in [0.25, 0.3) is 0 Å². The molecular weight excluding hydrogens is 252 g/mol. The van der Waals surface area contributed by atoms with Crippen molar-refractivity contribution in [1.82, 2.24) is 20.3 Å². The lowest BCUT2D eigenvalue weighted by atomic mass is 10.2. The lowest BCUT2D eigenvalue weighted by Gasteiger charge is -2.10. The number of hydrogen-bond acceptors (Lipinski definition) is 4. The van der Waals surface area contributed by atoms with Gasteiger partial charge in [-0.25, -0.2) is 0 Å². The number of ether oxygens (including phenoxy) is 1. The lowest BCUT2D eigenvalue weighted by Crippen LogP contribution is -2.16. The smallest absolute Gasteiger partial charge is 0.119 e. The topological polar surface area (TPSA) is 52.0 Å². The third kappa shape index (κ3) is 5.01. The van der Waals surface area contributed by atoms with E-state index in [1.165, 1.54) is 5.56 Å². The van der Waals surface area contributed by atoms with Crippen LogP contribution in [0.2, 0.25) is 0 Å². The van der Waals surface area contributed by atoms with Crippen LogP contribution in [0.4, 0.5) is 0 Å². The van der Waals surface area contributed by atoms with Crippen LogP contribution in [-0.4, -0.2) is 27.6 Å². The fourth-order valence-electron chi connectivity index (χ4n) is 1.91. The molecule has 2 aromatic rings. The molecule has 0 spiro atoms. The predicted octanol–water partition coefficient (Wildman–Crippen LogP) is 2.25. The van der Waals surface area contributed by atoms with Crippen LogP contribution < -0.4 is 10.1 Å². The number of benzene rings is 1. The lowest BCUT2D eigenvalue weighted by molar-refractivity contribution is 0.242. The van der Waals surface area contributed by atoms with Gasteiger partial charge >= 0.3 is 0 Å². The minimum Gasteiger partial charge on any atom is -0.491 e. The van der Waals surface area contributed by atoms with Crippen LogP contribution in [0, 0.1) is 0 Å². The first-order chi connectivity index (χ1) is 9.74. The van der Waals surface area contributed by atoms with Gasteiger partial charge in [0.15, 0.2) is 0 Å². The molecule has 0 bridgehead atoms. The van der Waals surface area contributed by atoms with E-state index in [0.717, 1.165) is 31.8 Å². The molecule has 0 fully saturated rings. The van der Waals surface area contributed by atoms with Gasteiger partial charge in [-0.05, 0) is 44.5 Å². The van der Waals surface area contributed by atoms with Crippen molar-refractivity contribution in [3.8, 4) is 5.75 Å². The minimum absolute atomic E-state index is 0.218. The zero-order valence-corrected chi connectivity index (χ0v) is 12.1. The van der Waals surface area contributed by atoms with Gasteiger partial charge in [0.05, 0.1) is 12.3 Å². The van der Waals surface area contributed by atoms with Crippen molar-refractivity contribution < 1.29 is 4.74 Å². The maximum atomic E-state index is 5.62. The zero-order chi connectivity index (χ0) is 14.2. The molecule has 0 radical (unpaired) electrons. The van der Waals surface area contributed by atoms with Crippen molar-refractivity contribution in [3.05, 3.63) is 42.2 Å². The summed E-state index contributed by atoms with van der Waals surface area (Å²) >= 11 is 0. The highest BCUT2D eigenvalue weighted by Crippen LogP contribution is 2.13. The first kappa shape index (κ1) is 14.5. The molecule has 1 aromatic carbocycles. The molecule has 5 nitrogen and oxygen atoms in total. The predicted molar refractivity (Wildman–Crippen MR) is 78.6 cm³/mol. The second kappa shape index (κ2) is 7.65. The molecule has 0 aliphatic rings. The Hall–Kier alpha value is -1.88. The largest absolute Gasteiger partial charge is 0.491 e. The molecule has 1 aromatic heterocycles. The molecule has 0 atom stereocenters. The van der Waals surface area contributed by atoms with Crippen LogP contribution in [0.25, 0.3) is 0 Å². The molecule has 0 saturated heterocycles. The molecule has 20 heavy (non-hydrogen) atoms. The van der Waals surface area contributed by atoms with E-state index < -0.39 is 0 Å². The molecule has 0 unspecified atom stereocenters. The summed E-state index contributed by atoms with van der Waals surface area (Å²) in [7, 11) is 0. The van der Waals surface area contributed by atoms with E-state index in [1.54, 1.807) is 6.20 Å². The maximum absolute atomic E-state index is 5.62. The molecule has 0 aliphatic carbocycles. The van der Waals surface area contributed by atoms with E-state index in [-0.39, 0.29) is 6.10 Å². The van der Waals surface area contributed by atoms with Crippen LogP contribution in [0.3, 0.4) is 0 Å². The Balaban J connectivity index is 1.64. The summed E-state index contributed by atoms with van der Waals surface area (Å²) < 4.78 is 7.46. The van der Waals surface area contributed by atoms with Crippen LogP contribution in [0.1, 0.15) is 25.8 Å². The molecule has 1 N–H and O–H groups in total. The van der Waals surface area contributed by atoms with Crippen molar-refractivity contribution >= 4 is 0 Å². The molecule has 0 aliphatic heterocycles. The number of aromatic nitrogens is 3. The average Bonchev–Trinajstić information content (AvgIpc) is 2.93. The monoisotopic (exact) mass is 274 g/mol. The van der Waals surface area contributed by atoms with Crippen molar-refractivity contribution in [2.45, 2.75) is 39.5 Å². The summed E-state index contributed by atoms with van der Waals surface area (Å²) in [6, 6.07) is 8.24. The number of aryl methyl sites for hydroxylation is 1. The highest BCUT2D eigenvalue weighted by atomic mass is 16.5. The van der Waals surface area contributed by atoms with Crippen LogP contribution in [0.5, 0.6) is 5.75 Å². The molecule has 0 saturated carbocycles. The van der Waals surface area contributed by atoms with Crippen LogP contribution in [0.15, 0.2) is 36.7 Å². The number of nitrogens with zero attached hydrogens (tertiary/aromatic N) is 3. The standard InChI is InChI=1S/C15H22N4O/c1-13(2)20-15-6-4-14(5-7-15)12-16-8-3-10-19-11-9-17-18-19/h4-7,9,11,13,16H,3,8,10,12H2,1-2H3. The molecule has 0 amide bonds. The van der Waals surface area contributed by atoms with Gasteiger partial charge in [0, 0.05) is 19.3 Å². The van der Waals surface area contributed by atoms with Gasteiger partial charge in [-0.1, -0.05) is 17.3 Å². The molecule has 5 heteroatoms. The third-order valence-corrected chi connectivity index (χ3v) is 2.84. The fraction of sp³-hybridized carbons (Fsp3) is 0.467. The second-order valence-corrected chi connectivity index (χ2v) is 5.01. The zero-order valence-electron chi connectivity index (χ0n) is 12.1. The minimum atomic E-state index is 0.218. The van der Waals surface area contributed by atoms with Crippen molar-refractivity contribution in [1.29, 1.82) is 0 Å². The first-order valence-electron chi connectivity index (χ1n) is 7.04. The van der Waals surface area contributed by atoms with E-state index in [0.29, 0.717) is 0 Å². The Bertz CT molecular complexity index is 479. The Morgan fingerprint density at radius 3 is 2.70 bits per heavy atom. The van der Waals surface area contributed by atoms with Gasteiger partial charge in [-0.2, -0.15) is 0 Å². The Morgan fingerprint density at radius 1 is 1.25 bits per heavy atom. The summed E-state index contributed by atoms with van der Waals surface area (Å²) in [6.07, 6.45) is 4.84. The van der Waals surface area contributed by atoms with E-state index >= 15 is 0 Å². The van der Waals surface area contributed by atoms with Gasteiger partial charge < -0.3 is 10.1 Å². The van der Waals surface area contributed by atoms with Crippen molar-refractivity contribution in [2.24, 2.45) is 0 Å². The summed E-state index contributed by atoms with van der Waals surface area (Å²) in [5.74, 6) is 0.926. The second-order valence-electron chi connectivity index (χ2n) is 5.01. The number of rotatable bonds is 8. The summed E-state index contributed by atoms with van der Waals surface area (Å²) in [4.78, 5) is 0. The van der Waals surface area contributed by atoms with Gasteiger partial charge in [-0.3, -0.25) is 4.68 Å². The highest BCUT2D eigenvalue weighted by Gasteiger charge is 1.98. The van der Waals surface area contributed by atoms with E-state index in [1.807, 2.05) is 36.9 Å². The molecule has 2 rings (SSSR count). The highest BCUT2D eigenvalue weighted by molar-refractivity contribution is 5.27. The molecule has 1 heterocycles. The third-order valence-electron chi connectivity index (χ3n) is 2.84. The number of hydrogen-bond donors (Lipinski definition) is 1. The fourth-order valence-corrected chi connectivity index (χ4v) is 1.91. The molecule has 108 valence electrons. The summed E-state index contributed by atoms with van der Waals surface area (Å²) in [6.45, 7) is 6.80. The number of nitrogens with one attached hydrogen (secondary N) is 1. The van der Waals surface area contributed by atoms with E-state index in [2.05, 4.69) is 27.8 Å². The van der Waals surface area contributed by atoms with Gasteiger partial charge in [-0.15, -0.1) is 5.10 Å². The normalized spacial score (nSPS) is 10.9. The quantitative estimate of drug-likeness (QED) is 0.750. The average molecular weight is 274 g/mol. The van der Waals surface area contributed by atoms with Gasteiger partial charge in [0.2, 0.25) is 0 Å². The van der Waals surface area contributed by atoms with Crippen molar-refractivity contribution in [3.63, 3.8) is 0 Å². The van der Waals surface area contributed by atoms with Crippen LogP contribution in [-0.2, 0) is 13.1 Å². The van der Waals surface area contributed by atoms with E-state index in [4.69, 9.17) is 4.74 Å². The SMILES string of the molecule is CC(C)Oc1ccc(CNCCCn2ccnn2)cc1. The Labute approximate surface area is 120 Å². The Morgan fingerprint density at radius 2 is 2.05 bits per heavy atom. The van der Waals surface area contributed by atoms with Gasteiger partial charge in [0.1, 0.15) is 5.75 Å². The first-order valence-corrected chi connectivity index (χ1v) is 7.04. The van der Waals surface area contributed by atoms with Crippen LogP contribution >= 0.6 is 0 Å². The Kier molecular flexibility index (Phi) is 5.55. The summed E-state index contributed by atoms with van der Waals surface area (Å²) in [5, 5.41) is 11.1. The summed E-state index contributed by atoms with van der Waals surface area (Å²) in [5.41, 5.74) is 1.27. The van der Waals surface area contributed by atoms with E-state index in [9.17, 15) is 0 Å². The maximum Gasteiger partial charge on any atom is 0.119 e. The van der Waals surface area contributed by atoms with Crippen molar-refractivity contribution in [2.75, 3.05) is 6.54 Å². The molecular formula is C15H22N4O.